The van der Waals surface area contributed by atoms with Gasteiger partial charge in [-0.2, -0.15) is 0 Å². The average molecular weight is 502 g/mol. The number of fused-ring (bicyclic) bond motifs is 3. The maximum Gasteiger partial charge on any atom is 0.0713 e. The van der Waals surface area contributed by atoms with Gasteiger partial charge in [0.1, 0.15) is 0 Å². The molecule has 188 valence electrons. The van der Waals surface area contributed by atoms with Crippen molar-refractivity contribution in [3.8, 4) is 11.1 Å². The van der Waals surface area contributed by atoms with Gasteiger partial charge in [-0.05, 0) is 75.7 Å². The van der Waals surface area contributed by atoms with Gasteiger partial charge in [0.2, 0.25) is 0 Å². The first-order valence-corrected chi connectivity index (χ1v) is 13.4. The van der Waals surface area contributed by atoms with Gasteiger partial charge in [-0.15, -0.1) is 0 Å². The lowest BCUT2D eigenvalue weighted by molar-refractivity contribution is 0.768. The first-order valence-electron chi connectivity index (χ1n) is 13.4. The molecule has 1 nitrogen and oxygen atoms in total. The van der Waals surface area contributed by atoms with Crippen molar-refractivity contribution in [2.75, 3.05) is 5.32 Å². The molecule has 0 fully saturated rings. The molecule has 0 aliphatic heterocycles. The maximum atomic E-state index is 3.85. The van der Waals surface area contributed by atoms with Crippen LogP contribution in [0.3, 0.4) is 0 Å². The van der Waals surface area contributed by atoms with E-state index in [4.69, 9.17) is 0 Å². The number of allylic oxidation sites excluding steroid dienone is 5. The Morgan fingerprint density at radius 2 is 1.23 bits per heavy atom. The molecule has 5 aromatic carbocycles. The molecule has 1 N–H and O–H groups in total. The normalized spacial score (nSPS) is 13.6. The summed E-state index contributed by atoms with van der Waals surface area (Å²) >= 11 is 0. The van der Waals surface area contributed by atoms with Gasteiger partial charge in [0.05, 0.1) is 5.41 Å². The van der Waals surface area contributed by atoms with Crippen LogP contribution in [0.5, 0.6) is 0 Å². The van der Waals surface area contributed by atoms with E-state index in [1.807, 2.05) is 19.1 Å². The molecule has 1 aliphatic rings. The second kappa shape index (κ2) is 10.5. The Balaban J connectivity index is 1.45. The Kier molecular flexibility index (Phi) is 6.57. The first kappa shape index (κ1) is 24.5. The van der Waals surface area contributed by atoms with Crippen LogP contribution in [0.4, 0.5) is 11.4 Å². The van der Waals surface area contributed by atoms with Crippen LogP contribution in [0.15, 0.2) is 158 Å². The van der Waals surface area contributed by atoms with Crippen LogP contribution in [0, 0.1) is 0 Å². The number of hydrogen-bond donors (Lipinski definition) is 1. The molecular weight excluding hydrogens is 470 g/mol. The molecular formula is C38H31N. The fraction of sp³-hybridized carbons (Fsp3) is 0.0526. The highest BCUT2D eigenvalue weighted by atomic mass is 14.9. The summed E-state index contributed by atoms with van der Waals surface area (Å²) in [5.74, 6) is 0. The lowest BCUT2D eigenvalue weighted by Crippen LogP contribution is -2.28. The molecule has 39 heavy (non-hydrogen) atoms. The van der Waals surface area contributed by atoms with Gasteiger partial charge in [-0.1, -0.05) is 134 Å². The van der Waals surface area contributed by atoms with E-state index in [2.05, 4.69) is 151 Å². The third-order valence-electron chi connectivity index (χ3n) is 7.61. The summed E-state index contributed by atoms with van der Waals surface area (Å²) in [4.78, 5) is 0. The van der Waals surface area contributed by atoms with Gasteiger partial charge in [-0.3, -0.25) is 0 Å². The van der Waals surface area contributed by atoms with Gasteiger partial charge < -0.3 is 5.32 Å². The predicted octanol–water partition coefficient (Wildman–Crippen LogP) is 9.94. The Bertz CT molecular complexity index is 1630. The smallest absolute Gasteiger partial charge is 0.0713 e. The van der Waals surface area contributed by atoms with Gasteiger partial charge in [0.15, 0.2) is 0 Å². The van der Waals surface area contributed by atoms with E-state index in [9.17, 15) is 0 Å². The van der Waals surface area contributed by atoms with Crippen molar-refractivity contribution in [3.05, 3.63) is 186 Å². The topological polar surface area (TPSA) is 12.0 Å². The van der Waals surface area contributed by atoms with Crippen molar-refractivity contribution < 1.29 is 0 Å². The second-order valence-corrected chi connectivity index (χ2v) is 9.85. The molecule has 0 atom stereocenters. The molecule has 0 saturated heterocycles. The minimum absolute atomic E-state index is 0.366. The number of nitrogens with one attached hydrogen (secondary N) is 1. The zero-order valence-electron chi connectivity index (χ0n) is 22.1. The Morgan fingerprint density at radius 1 is 0.641 bits per heavy atom. The lowest BCUT2D eigenvalue weighted by atomic mass is 9.68. The van der Waals surface area contributed by atoms with Gasteiger partial charge >= 0.3 is 0 Å². The number of hydrogen-bond acceptors (Lipinski definition) is 1. The standard InChI is InChI=1S/C38H31N/c1-3-13-28(14-4-2)29-21-23-32(24-22-29)39-33-25-26-37-35(27-33)34-19-11-12-20-36(34)38(37,30-15-7-5-8-16-30)31-17-9-6-10-18-31/h3-27,39H,1H2,2H3/b14-4-,28-13+. The van der Waals surface area contributed by atoms with E-state index >= 15 is 0 Å². The summed E-state index contributed by atoms with van der Waals surface area (Å²) in [6.45, 7) is 5.88. The highest BCUT2D eigenvalue weighted by Gasteiger charge is 2.45. The van der Waals surface area contributed by atoms with E-state index in [0.717, 1.165) is 22.5 Å². The zero-order valence-corrected chi connectivity index (χ0v) is 22.1. The Morgan fingerprint density at radius 3 is 1.87 bits per heavy atom. The average Bonchev–Trinajstić information content (AvgIpc) is 3.29. The number of rotatable bonds is 7. The van der Waals surface area contributed by atoms with Crippen LogP contribution >= 0.6 is 0 Å². The summed E-state index contributed by atoms with van der Waals surface area (Å²) in [7, 11) is 0. The summed E-state index contributed by atoms with van der Waals surface area (Å²) in [6.07, 6.45) is 8.02. The third-order valence-corrected chi connectivity index (χ3v) is 7.61. The third kappa shape index (κ3) is 4.23. The SMILES string of the molecule is C=C/C=C(\C=C/C)c1ccc(Nc2ccc3c(c2)-c2ccccc2C3(c2ccccc2)c2ccccc2)cc1. The molecule has 0 saturated carbocycles. The van der Waals surface area contributed by atoms with E-state index in [-0.39, 0.29) is 5.41 Å². The molecule has 0 heterocycles. The van der Waals surface area contributed by atoms with Crippen LogP contribution in [0.1, 0.15) is 34.7 Å². The lowest BCUT2D eigenvalue weighted by Gasteiger charge is -2.33. The largest absolute Gasteiger partial charge is 0.356 e. The van der Waals surface area contributed by atoms with Crippen molar-refractivity contribution in [1.29, 1.82) is 0 Å². The number of anilines is 2. The number of benzene rings is 5. The minimum Gasteiger partial charge on any atom is -0.356 e. The van der Waals surface area contributed by atoms with Crippen LogP contribution in [-0.4, -0.2) is 0 Å². The Hall–Kier alpha value is -4.88. The van der Waals surface area contributed by atoms with Gasteiger partial charge in [0, 0.05) is 11.4 Å². The fourth-order valence-electron chi connectivity index (χ4n) is 5.99. The summed E-state index contributed by atoms with van der Waals surface area (Å²) in [6, 6.07) is 46.1. The zero-order chi connectivity index (χ0) is 26.7. The maximum absolute atomic E-state index is 3.85. The van der Waals surface area contributed by atoms with Crippen molar-refractivity contribution in [1.82, 2.24) is 0 Å². The van der Waals surface area contributed by atoms with Crippen LogP contribution in [0.2, 0.25) is 0 Å². The van der Waals surface area contributed by atoms with Crippen molar-refractivity contribution in [3.63, 3.8) is 0 Å². The molecule has 0 spiro atoms. The molecule has 1 heteroatoms. The van der Waals surface area contributed by atoms with Crippen molar-refractivity contribution >= 4 is 16.9 Å². The minimum atomic E-state index is -0.366. The van der Waals surface area contributed by atoms with E-state index < -0.39 is 0 Å². The molecule has 0 aromatic heterocycles. The van der Waals surface area contributed by atoms with Crippen molar-refractivity contribution in [2.45, 2.75) is 12.3 Å². The molecule has 0 amide bonds. The van der Waals surface area contributed by atoms with Gasteiger partial charge in [0.25, 0.3) is 0 Å². The summed E-state index contributed by atoms with van der Waals surface area (Å²) < 4.78 is 0. The molecule has 0 radical (unpaired) electrons. The second-order valence-electron chi connectivity index (χ2n) is 9.85. The van der Waals surface area contributed by atoms with Crippen LogP contribution in [0.25, 0.3) is 16.7 Å². The monoisotopic (exact) mass is 501 g/mol. The quantitative estimate of drug-likeness (QED) is 0.215. The predicted molar refractivity (Wildman–Crippen MR) is 166 cm³/mol. The van der Waals surface area contributed by atoms with Gasteiger partial charge in [-0.25, -0.2) is 0 Å². The highest BCUT2D eigenvalue weighted by molar-refractivity contribution is 5.88. The van der Waals surface area contributed by atoms with E-state index in [1.54, 1.807) is 0 Å². The van der Waals surface area contributed by atoms with Crippen molar-refractivity contribution in [2.24, 2.45) is 0 Å². The molecule has 0 unspecified atom stereocenters. The molecule has 0 bridgehead atoms. The summed E-state index contributed by atoms with van der Waals surface area (Å²) in [5.41, 5.74) is 11.8. The Labute approximate surface area is 231 Å². The van der Waals surface area contributed by atoms with E-state index in [1.165, 1.54) is 33.4 Å². The molecule has 5 aromatic rings. The highest BCUT2D eigenvalue weighted by Crippen LogP contribution is 2.56. The molecule has 6 rings (SSSR count). The summed E-state index contributed by atoms with van der Waals surface area (Å²) in [5, 5.41) is 3.64. The first-order chi connectivity index (χ1) is 19.3. The van der Waals surface area contributed by atoms with Crippen LogP contribution < -0.4 is 5.32 Å². The van der Waals surface area contributed by atoms with Crippen LogP contribution in [-0.2, 0) is 5.41 Å². The van der Waals surface area contributed by atoms with E-state index in [0.29, 0.717) is 0 Å². The molecule has 1 aliphatic carbocycles. The fourth-order valence-corrected chi connectivity index (χ4v) is 5.99.